The molecule has 2 saturated heterocycles. The molecule has 27 heavy (non-hydrogen) atoms. The number of imide groups is 1. The number of piperazine rings is 1. The number of halogens is 2. The molecule has 9 heteroatoms. The molecule has 140 valence electrons. The molecular formula is C18H17Cl2N5O2. The van der Waals surface area contributed by atoms with Crippen LogP contribution in [0.2, 0.25) is 10.0 Å². The average Bonchev–Trinajstić information content (AvgIpc) is 2.96. The van der Waals surface area contributed by atoms with Gasteiger partial charge < -0.3 is 4.90 Å². The zero-order chi connectivity index (χ0) is 19.0. The van der Waals surface area contributed by atoms with Crippen molar-refractivity contribution in [3.8, 4) is 0 Å². The van der Waals surface area contributed by atoms with Crippen LogP contribution < -0.4 is 9.80 Å². The number of nitrogens with zero attached hydrogens (tertiary/aromatic N) is 5. The topological polar surface area (TPSA) is 69.6 Å². The number of aromatic nitrogens is 2. The Morgan fingerprint density at radius 2 is 1.56 bits per heavy atom. The summed E-state index contributed by atoms with van der Waals surface area (Å²) in [6, 6.07) is 6.04. The molecule has 2 aromatic rings. The number of rotatable bonds is 3. The Morgan fingerprint density at radius 3 is 2.19 bits per heavy atom. The minimum Gasteiger partial charge on any atom is -0.338 e. The Kier molecular flexibility index (Phi) is 4.99. The predicted octanol–water partition coefficient (Wildman–Crippen LogP) is 2.24. The van der Waals surface area contributed by atoms with Crippen molar-refractivity contribution in [1.82, 2.24) is 14.9 Å². The Morgan fingerprint density at radius 1 is 0.926 bits per heavy atom. The highest BCUT2D eigenvalue weighted by Gasteiger charge is 2.43. The van der Waals surface area contributed by atoms with E-state index in [-0.39, 0.29) is 18.2 Å². The van der Waals surface area contributed by atoms with Gasteiger partial charge in [0.1, 0.15) is 0 Å². The van der Waals surface area contributed by atoms with E-state index in [1.807, 2.05) is 4.90 Å². The number of amides is 2. The molecule has 7 nitrogen and oxygen atoms in total. The number of anilines is 2. The van der Waals surface area contributed by atoms with E-state index >= 15 is 0 Å². The second-order valence-corrected chi connectivity index (χ2v) is 7.36. The van der Waals surface area contributed by atoms with Crippen LogP contribution >= 0.6 is 23.2 Å². The Hall–Kier alpha value is -2.22. The normalized spacial score (nSPS) is 21.2. The van der Waals surface area contributed by atoms with Crippen molar-refractivity contribution in [1.29, 1.82) is 0 Å². The maximum atomic E-state index is 12.9. The molecule has 2 fully saturated rings. The van der Waals surface area contributed by atoms with E-state index < -0.39 is 6.04 Å². The fourth-order valence-electron chi connectivity index (χ4n) is 3.53. The number of carbonyl (C=O) groups excluding carboxylic acids is 2. The minimum absolute atomic E-state index is 0.158. The van der Waals surface area contributed by atoms with Gasteiger partial charge in [-0.1, -0.05) is 23.2 Å². The Bertz CT molecular complexity index is 851. The van der Waals surface area contributed by atoms with E-state index in [0.717, 1.165) is 0 Å². The van der Waals surface area contributed by atoms with Gasteiger partial charge in [-0.3, -0.25) is 14.5 Å². The fourth-order valence-corrected chi connectivity index (χ4v) is 4.04. The summed E-state index contributed by atoms with van der Waals surface area (Å²) in [6.07, 6.45) is 3.58. The van der Waals surface area contributed by atoms with Gasteiger partial charge in [-0.05, 0) is 24.3 Å². The van der Waals surface area contributed by atoms with Gasteiger partial charge in [0.25, 0.3) is 5.91 Å². The molecule has 1 aromatic carbocycles. The molecule has 3 heterocycles. The van der Waals surface area contributed by atoms with Crippen LogP contribution in [0.3, 0.4) is 0 Å². The first-order valence-electron chi connectivity index (χ1n) is 8.62. The van der Waals surface area contributed by atoms with Gasteiger partial charge in [0, 0.05) is 48.6 Å². The van der Waals surface area contributed by atoms with E-state index in [0.29, 0.717) is 47.9 Å². The number of carbonyl (C=O) groups is 2. The van der Waals surface area contributed by atoms with E-state index in [2.05, 4.69) is 14.9 Å². The third-order valence-electron chi connectivity index (χ3n) is 4.82. The summed E-state index contributed by atoms with van der Waals surface area (Å²) in [5.74, 6) is 0.209. The molecule has 1 atom stereocenters. The molecule has 0 N–H and O–H groups in total. The van der Waals surface area contributed by atoms with Crippen LogP contribution in [0.1, 0.15) is 6.42 Å². The molecule has 0 saturated carbocycles. The Balaban J connectivity index is 1.46. The molecule has 2 aliphatic rings. The maximum absolute atomic E-state index is 12.9. The summed E-state index contributed by atoms with van der Waals surface area (Å²) in [4.78, 5) is 39.3. The van der Waals surface area contributed by atoms with Gasteiger partial charge in [-0.15, -0.1) is 0 Å². The average molecular weight is 406 g/mol. The van der Waals surface area contributed by atoms with E-state index in [4.69, 9.17) is 23.2 Å². The smallest absolute Gasteiger partial charge is 0.251 e. The molecular weight excluding hydrogens is 389 g/mol. The summed E-state index contributed by atoms with van der Waals surface area (Å²) in [5, 5.41) is 0.774. The van der Waals surface area contributed by atoms with E-state index in [1.54, 1.807) is 36.7 Å². The maximum Gasteiger partial charge on any atom is 0.251 e. The zero-order valence-electron chi connectivity index (χ0n) is 14.4. The van der Waals surface area contributed by atoms with Gasteiger partial charge in [0.05, 0.1) is 18.2 Å². The first-order chi connectivity index (χ1) is 13.0. The lowest BCUT2D eigenvalue weighted by Gasteiger charge is -2.36. The molecule has 0 aliphatic carbocycles. The van der Waals surface area contributed by atoms with Gasteiger partial charge in [-0.2, -0.15) is 0 Å². The van der Waals surface area contributed by atoms with Gasteiger partial charge in [0.2, 0.25) is 11.9 Å². The first-order valence-corrected chi connectivity index (χ1v) is 9.37. The largest absolute Gasteiger partial charge is 0.338 e. The molecule has 0 radical (unpaired) electrons. The molecule has 2 aliphatic heterocycles. The summed E-state index contributed by atoms with van der Waals surface area (Å²) in [6.45, 7) is 2.72. The SMILES string of the molecule is O=C1CC(N2CCN(c3ncccn3)CC2)C(=O)N1c1cc(Cl)cc(Cl)c1. The van der Waals surface area contributed by atoms with Gasteiger partial charge in [0.15, 0.2) is 0 Å². The number of hydrogen-bond acceptors (Lipinski definition) is 6. The van der Waals surface area contributed by atoms with Crippen LogP contribution in [0.4, 0.5) is 11.6 Å². The highest BCUT2D eigenvalue weighted by atomic mass is 35.5. The first kappa shape index (κ1) is 18.2. The zero-order valence-corrected chi connectivity index (χ0v) is 15.9. The standard InChI is InChI=1S/C18H17Cl2N5O2/c19-12-8-13(20)10-14(9-12)25-16(26)11-15(17(25)27)23-4-6-24(7-5-23)18-21-2-1-3-22-18/h1-3,8-10,15H,4-7,11H2. The summed E-state index contributed by atoms with van der Waals surface area (Å²) >= 11 is 12.0. The molecule has 1 unspecified atom stereocenters. The lowest BCUT2D eigenvalue weighted by molar-refractivity contribution is -0.123. The molecule has 0 bridgehead atoms. The summed E-state index contributed by atoms with van der Waals surface area (Å²) < 4.78 is 0. The van der Waals surface area contributed by atoms with Crippen molar-refractivity contribution >= 4 is 46.7 Å². The monoisotopic (exact) mass is 405 g/mol. The third-order valence-corrected chi connectivity index (χ3v) is 5.25. The van der Waals surface area contributed by atoms with Crippen LogP contribution in [0, 0.1) is 0 Å². The van der Waals surface area contributed by atoms with E-state index in [9.17, 15) is 9.59 Å². The second-order valence-electron chi connectivity index (χ2n) is 6.49. The van der Waals surface area contributed by atoms with Crippen molar-refractivity contribution < 1.29 is 9.59 Å². The number of benzene rings is 1. The van der Waals surface area contributed by atoms with Crippen LogP contribution in [0.5, 0.6) is 0 Å². The summed E-state index contributed by atoms with van der Waals surface area (Å²) in [5.41, 5.74) is 0.418. The van der Waals surface area contributed by atoms with E-state index in [1.165, 1.54) is 4.90 Å². The molecule has 4 rings (SSSR count). The third kappa shape index (κ3) is 3.63. The van der Waals surface area contributed by atoms with Crippen molar-refractivity contribution in [2.75, 3.05) is 36.0 Å². The van der Waals surface area contributed by atoms with Crippen molar-refractivity contribution in [2.45, 2.75) is 12.5 Å². The van der Waals surface area contributed by atoms with Crippen LogP contribution in [-0.2, 0) is 9.59 Å². The van der Waals surface area contributed by atoms with Crippen molar-refractivity contribution in [2.24, 2.45) is 0 Å². The Labute approximate surface area is 166 Å². The lowest BCUT2D eigenvalue weighted by Crippen LogP contribution is -2.53. The van der Waals surface area contributed by atoms with Crippen LogP contribution in [0.25, 0.3) is 0 Å². The lowest BCUT2D eigenvalue weighted by atomic mass is 10.2. The highest BCUT2D eigenvalue weighted by Crippen LogP contribution is 2.31. The summed E-state index contributed by atoms with van der Waals surface area (Å²) in [7, 11) is 0. The quantitative estimate of drug-likeness (QED) is 0.729. The minimum atomic E-state index is -0.464. The van der Waals surface area contributed by atoms with Crippen molar-refractivity contribution in [3.05, 3.63) is 46.7 Å². The highest BCUT2D eigenvalue weighted by molar-refractivity contribution is 6.35. The number of hydrogen-bond donors (Lipinski definition) is 0. The fraction of sp³-hybridized carbons (Fsp3) is 0.333. The molecule has 0 spiro atoms. The van der Waals surface area contributed by atoms with Gasteiger partial charge in [-0.25, -0.2) is 14.9 Å². The molecule has 2 amide bonds. The molecule has 1 aromatic heterocycles. The second kappa shape index (κ2) is 7.42. The van der Waals surface area contributed by atoms with Crippen LogP contribution in [0.15, 0.2) is 36.7 Å². The predicted molar refractivity (Wildman–Crippen MR) is 103 cm³/mol. The van der Waals surface area contributed by atoms with Gasteiger partial charge >= 0.3 is 0 Å². The van der Waals surface area contributed by atoms with Crippen molar-refractivity contribution in [3.63, 3.8) is 0 Å². The van der Waals surface area contributed by atoms with Crippen LogP contribution in [-0.4, -0.2) is 58.9 Å².